The minimum absolute atomic E-state index is 0.140. The van der Waals surface area contributed by atoms with Gasteiger partial charge in [-0.25, -0.2) is 0 Å². The summed E-state index contributed by atoms with van der Waals surface area (Å²) in [5.41, 5.74) is 0.344. The van der Waals surface area contributed by atoms with Crippen molar-refractivity contribution in [3.8, 4) is 0 Å². The molecule has 0 aromatic heterocycles. The quantitative estimate of drug-likeness (QED) is 0.679. The van der Waals surface area contributed by atoms with Gasteiger partial charge in [-0.15, -0.1) is 0 Å². The second kappa shape index (κ2) is 8.32. The molecule has 1 saturated heterocycles. The highest BCUT2D eigenvalue weighted by Crippen LogP contribution is 2.30. The topological polar surface area (TPSA) is 44.7 Å². The molecule has 1 aliphatic heterocycles. The Kier molecular flexibility index (Phi) is 7.45. The number of hydrogen-bond donors (Lipinski definition) is 2. The van der Waals surface area contributed by atoms with Crippen LogP contribution in [-0.4, -0.2) is 61.5 Å². The van der Waals surface area contributed by atoms with Crippen molar-refractivity contribution >= 4 is 0 Å². The number of unbranched alkanes of at least 4 members (excludes halogenated alkanes) is 1. The molecule has 0 spiro atoms. The van der Waals surface area contributed by atoms with Gasteiger partial charge >= 0.3 is 0 Å². The molecule has 0 aromatic carbocycles. The zero-order valence-corrected chi connectivity index (χ0v) is 13.9. The van der Waals surface area contributed by atoms with Gasteiger partial charge in [-0.05, 0) is 40.2 Å². The van der Waals surface area contributed by atoms with Gasteiger partial charge in [0.25, 0.3) is 0 Å². The first-order chi connectivity index (χ1) is 9.41. The third kappa shape index (κ3) is 6.53. The minimum atomic E-state index is 0.140. The van der Waals surface area contributed by atoms with Crippen LogP contribution in [0.15, 0.2) is 0 Å². The zero-order chi connectivity index (χ0) is 15.1. The molecule has 1 aliphatic rings. The molecule has 0 saturated carbocycles. The number of aliphatic hydroxyl groups is 1. The molecular formula is C16H34N2O2. The van der Waals surface area contributed by atoms with E-state index < -0.39 is 0 Å². The van der Waals surface area contributed by atoms with Crippen LogP contribution in [0.1, 0.15) is 47.0 Å². The van der Waals surface area contributed by atoms with E-state index in [9.17, 15) is 5.11 Å². The van der Waals surface area contributed by atoms with Gasteiger partial charge in [0.2, 0.25) is 0 Å². The predicted octanol–water partition coefficient (Wildman–Crippen LogP) is 1.88. The summed E-state index contributed by atoms with van der Waals surface area (Å²) in [7, 11) is 0. The van der Waals surface area contributed by atoms with E-state index in [1.807, 2.05) is 0 Å². The molecule has 4 nitrogen and oxygen atoms in total. The first-order valence-electron chi connectivity index (χ1n) is 8.07. The number of nitrogens with one attached hydrogen (secondary N) is 1. The SMILES string of the molecule is CCCCN(CCO)CC1(CNC(C)(C)C)CCOC1. The molecule has 1 rings (SSSR count). The monoisotopic (exact) mass is 286 g/mol. The van der Waals surface area contributed by atoms with Crippen LogP contribution in [-0.2, 0) is 4.74 Å². The summed E-state index contributed by atoms with van der Waals surface area (Å²) in [5, 5.41) is 12.9. The Morgan fingerprint density at radius 1 is 1.30 bits per heavy atom. The Hall–Kier alpha value is -0.160. The molecule has 1 heterocycles. The summed E-state index contributed by atoms with van der Waals surface area (Å²) < 4.78 is 5.68. The van der Waals surface area contributed by atoms with Gasteiger partial charge in [0, 0.05) is 37.2 Å². The lowest BCUT2D eigenvalue weighted by molar-refractivity contribution is 0.0913. The van der Waals surface area contributed by atoms with Crippen LogP contribution in [0, 0.1) is 5.41 Å². The summed E-state index contributed by atoms with van der Waals surface area (Å²) in [5.74, 6) is 0. The second-order valence-electron chi connectivity index (χ2n) is 7.26. The molecule has 0 aromatic rings. The number of rotatable bonds is 9. The number of hydrogen-bond acceptors (Lipinski definition) is 4. The molecule has 1 fully saturated rings. The average Bonchev–Trinajstić information content (AvgIpc) is 2.82. The first kappa shape index (κ1) is 17.9. The smallest absolute Gasteiger partial charge is 0.0558 e. The van der Waals surface area contributed by atoms with Crippen LogP contribution >= 0.6 is 0 Å². The highest BCUT2D eigenvalue weighted by molar-refractivity contribution is 4.90. The van der Waals surface area contributed by atoms with E-state index in [0.29, 0.717) is 0 Å². The Labute approximate surface area is 124 Å². The molecule has 0 aliphatic carbocycles. The first-order valence-corrected chi connectivity index (χ1v) is 8.07. The summed E-state index contributed by atoms with van der Waals surface area (Å²) in [6.07, 6.45) is 3.51. The van der Waals surface area contributed by atoms with Gasteiger partial charge in [-0.3, -0.25) is 0 Å². The van der Waals surface area contributed by atoms with Crippen molar-refractivity contribution in [2.75, 3.05) is 46.0 Å². The van der Waals surface area contributed by atoms with Gasteiger partial charge < -0.3 is 20.1 Å². The molecule has 0 radical (unpaired) electrons. The highest BCUT2D eigenvalue weighted by Gasteiger charge is 2.37. The van der Waals surface area contributed by atoms with E-state index in [1.54, 1.807) is 0 Å². The molecule has 120 valence electrons. The van der Waals surface area contributed by atoms with Crippen LogP contribution in [0.25, 0.3) is 0 Å². The fourth-order valence-electron chi connectivity index (χ4n) is 2.69. The van der Waals surface area contributed by atoms with Crippen molar-refractivity contribution in [1.82, 2.24) is 10.2 Å². The normalized spacial score (nSPS) is 23.7. The van der Waals surface area contributed by atoms with Gasteiger partial charge in [0.15, 0.2) is 0 Å². The Morgan fingerprint density at radius 2 is 2.05 bits per heavy atom. The Bertz CT molecular complexity index is 258. The van der Waals surface area contributed by atoms with Crippen molar-refractivity contribution < 1.29 is 9.84 Å². The van der Waals surface area contributed by atoms with E-state index in [1.165, 1.54) is 12.8 Å². The highest BCUT2D eigenvalue weighted by atomic mass is 16.5. The van der Waals surface area contributed by atoms with Crippen molar-refractivity contribution in [3.05, 3.63) is 0 Å². The van der Waals surface area contributed by atoms with Crippen LogP contribution in [0.2, 0.25) is 0 Å². The Balaban J connectivity index is 2.58. The molecule has 0 bridgehead atoms. The fourth-order valence-corrected chi connectivity index (χ4v) is 2.69. The van der Waals surface area contributed by atoms with Crippen LogP contribution in [0.4, 0.5) is 0 Å². The average molecular weight is 286 g/mol. The predicted molar refractivity (Wildman–Crippen MR) is 84.1 cm³/mol. The lowest BCUT2D eigenvalue weighted by Gasteiger charge is -2.36. The largest absolute Gasteiger partial charge is 0.395 e. The van der Waals surface area contributed by atoms with Gasteiger partial charge in [-0.1, -0.05) is 13.3 Å². The van der Waals surface area contributed by atoms with E-state index in [2.05, 4.69) is 37.9 Å². The van der Waals surface area contributed by atoms with Gasteiger partial charge in [0.05, 0.1) is 13.2 Å². The second-order valence-corrected chi connectivity index (χ2v) is 7.26. The van der Waals surface area contributed by atoms with Crippen LogP contribution in [0.3, 0.4) is 0 Å². The van der Waals surface area contributed by atoms with E-state index >= 15 is 0 Å². The van der Waals surface area contributed by atoms with Gasteiger partial charge in [-0.2, -0.15) is 0 Å². The summed E-state index contributed by atoms with van der Waals surface area (Å²) in [6, 6.07) is 0. The lowest BCUT2D eigenvalue weighted by Crippen LogP contribution is -2.50. The van der Waals surface area contributed by atoms with Crippen molar-refractivity contribution in [2.45, 2.75) is 52.5 Å². The standard InChI is InChI=1S/C16H34N2O2/c1-5-6-8-18(9-10-19)13-16(7-11-20-14-16)12-17-15(2,3)4/h17,19H,5-14H2,1-4H3. The number of aliphatic hydroxyl groups excluding tert-OH is 1. The van der Waals surface area contributed by atoms with Gasteiger partial charge in [0.1, 0.15) is 0 Å². The van der Waals surface area contributed by atoms with Crippen LogP contribution < -0.4 is 5.32 Å². The maximum atomic E-state index is 9.26. The van der Waals surface area contributed by atoms with Crippen molar-refractivity contribution in [3.63, 3.8) is 0 Å². The lowest BCUT2D eigenvalue weighted by atomic mass is 9.85. The third-order valence-corrected chi connectivity index (χ3v) is 3.98. The molecule has 4 heteroatoms. The Morgan fingerprint density at radius 3 is 2.55 bits per heavy atom. The summed E-state index contributed by atoms with van der Waals surface area (Å²) in [6.45, 7) is 14.7. The molecule has 1 unspecified atom stereocenters. The molecule has 1 atom stereocenters. The number of ether oxygens (including phenoxy) is 1. The zero-order valence-electron chi connectivity index (χ0n) is 13.9. The van der Waals surface area contributed by atoms with Crippen molar-refractivity contribution in [1.29, 1.82) is 0 Å². The van der Waals surface area contributed by atoms with E-state index in [4.69, 9.17) is 4.74 Å². The minimum Gasteiger partial charge on any atom is -0.395 e. The third-order valence-electron chi connectivity index (χ3n) is 3.98. The number of nitrogens with zero attached hydrogens (tertiary/aromatic N) is 1. The summed E-state index contributed by atoms with van der Waals surface area (Å²) in [4.78, 5) is 2.41. The van der Waals surface area contributed by atoms with E-state index in [0.717, 1.165) is 45.8 Å². The summed E-state index contributed by atoms with van der Waals surface area (Å²) >= 11 is 0. The van der Waals surface area contributed by atoms with Crippen molar-refractivity contribution in [2.24, 2.45) is 5.41 Å². The fraction of sp³-hybridized carbons (Fsp3) is 1.00. The maximum absolute atomic E-state index is 9.26. The molecular weight excluding hydrogens is 252 g/mol. The maximum Gasteiger partial charge on any atom is 0.0558 e. The van der Waals surface area contributed by atoms with E-state index in [-0.39, 0.29) is 17.6 Å². The molecule has 0 amide bonds. The molecule has 2 N–H and O–H groups in total. The molecule has 20 heavy (non-hydrogen) atoms. The van der Waals surface area contributed by atoms with Crippen LogP contribution in [0.5, 0.6) is 0 Å².